The molecule has 2 aliphatic rings. The quantitative estimate of drug-likeness (QED) is 0.879. The Kier molecular flexibility index (Phi) is 4.79. The van der Waals surface area contributed by atoms with Crippen LogP contribution >= 0.6 is 0 Å². The predicted octanol–water partition coefficient (Wildman–Crippen LogP) is 2.58. The van der Waals surface area contributed by atoms with Gasteiger partial charge in [-0.05, 0) is 50.5 Å². The summed E-state index contributed by atoms with van der Waals surface area (Å²) >= 11 is 0. The van der Waals surface area contributed by atoms with Gasteiger partial charge in [0.2, 0.25) is 5.91 Å². The molecule has 1 saturated heterocycles. The number of hydrogen-bond donors (Lipinski definition) is 2. The largest absolute Gasteiger partial charge is 0.481 e. The number of carbonyl (C=O) groups excluding carboxylic acids is 2. The Hall–Kier alpha value is -2.37. The molecule has 3 rings (SSSR count). The monoisotopic (exact) mass is 344 g/mol. The molecule has 0 aromatic heterocycles. The van der Waals surface area contributed by atoms with Gasteiger partial charge in [-0.3, -0.25) is 14.4 Å². The summed E-state index contributed by atoms with van der Waals surface area (Å²) < 4.78 is 0. The SMILES string of the molecule is CC1(NC(=O)c2ccc(N3CCCC3=O)cc2)CCCCC1C(=O)O. The summed E-state index contributed by atoms with van der Waals surface area (Å²) in [5.74, 6) is -1.58. The minimum Gasteiger partial charge on any atom is -0.481 e. The van der Waals surface area contributed by atoms with Crippen LogP contribution in [0.4, 0.5) is 5.69 Å². The molecule has 1 aromatic rings. The Morgan fingerprint density at radius 1 is 1.20 bits per heavy atom. The number of carboxylic acid groups (broad SMARTS) is 1. The second kappa shape index (κ2) is 6.86. The maximum absolute atomic E-state index is 12.6. The van der Waals surface area contributed by atoms with E-state index in [1.165, 1.54) is 0 Å². The third-order valence-corrected chi connectivity index (χ3v) is 5.42. The van der Waals surface area contributed by atoms with E-state index in [1.54, 1.807) is 29.2 Å². The zero-order valence-electron chi connectivity index (χ0n) is 14.5. The van der Waals surface area contributed by atoms with E-state index in [-0.39, 0.29) is 11.8 Å². The van der Waals surface area contributed by atoms with Crippen LogP contribution in [0.25, 0.3) is 0 Å². The smallest absolute Gasteiger partial charge is 0.308 e. The molecule has 2 N–H and O–H groups in total. The first-order chi connectivity index (χ1) is 11.9. The molecule has 2 unspecified atom stereocenters. The Morgan fingerprint density at radius 2 is 1.92 bits per heavy atom. The Morgan fingerprint density at radius 3 is 2.52 bits per heavy atom. The van der Waals surface area contributed by atoms with Crippen molar-refractivity contribution in [1.82, 2.24) is 5.32 Å². The summed E-state index contributed by atoms with van der Waals surface area (Å²) in [7, 11) is 0. The van der Waals surface area contributed by atoms with Gasteiger partial charge in [0.25, 0.3) is 5.91 Å². The van der Waals surface area contributed by atoms with Crippen molar-refractivity contribution < 1.29 is 19.5 Å². The second-order valence-corrected chi connectivity index (χ2v) is 7.20. The lowest BCUT2D eigenvalue weighted by atomic mass is 9.73. The molecule has 1 aromatic carbocycles. The van der Waals surface area contributed by atoms with Gasteiger partial charge in [-0.2, -0.15) is 0 Å². The van der Waals surface area contributed by atoms with Crippen LogP contribution < -0.4 is 10.2 Å². The van der Waals surface area contributed by atoms with Crippen molar-refractivity contribution in [3.8, 4) is 0 Å². The lowest BCUT2D eigenvalue weighted by molar-refractivity contribution is -0.145. The minimum atomic E-state index is -0.856. The minimum absolute atomic E-state index is 0.108. The molecule has 0 radical (unpaired) electrons. The van der Waals surface area contributed by atoms with Gasteiger partial charge in [0.1, 0.15) is 0 Å². The number of carboxylic acids is 1. The topological polar surface area (TPSA) is 86.7 Å². The van der Waals surface area contributed by atoms with Crippen LogP contribution in [0.15, 0.2) is 24.3 Å². The molecule has 6 nitrogen and oxygen atoms in total. The van der Waals surface area contributed by atoms with E-state index in [1.807, 2.05) is 6.92 Å². The third-order valence-electron chi connectivity index (χ3n) is 5.42. The van der Waals surface area contributed by atoms with Crippen LogP contribution in [0.2, 0.25) is 0 Å². The highest BCUT2D eigenvalue weighted by molar-refractivity contribution is 5.98. The first kappa shape index (κ1) is 17.5. The summed E-state index contributed by atoms with van der Waals surface area (Å²) in [6, 6.07) is 6.93. The fourth-order valence-electron chi connectivity index (χ4n) is 3.92. The number of amides is 2. The molecular formula is C19H24N2O4. The Labute approximate surface area is 147 Å². The number of rotatable bonds is 4. The van der Waals surface area contributed by atoms with Gasteiger partial charge in [-0.25, -0.2) is 0 Å². The van der Waals surface area contributed by atoms with Crippen LogP contribution in [0.5, 0.6) is 0 Å². The summed E-state index contributed by atoms with van der Waals surface area (Å²) in [5.41, 5.74) is 0.544. The molecule has 25 heavy (non-hydrogen) atoms. The molecule has 134 valence electrons. The van der Waals surface area contributed by atoms with Crippen molar-refractivity contribution in [2.45, 2.75) is 51.0 Å². The highest BCUT2D eigenvalue weighted by Crippen LogP contribution is 2.34. The number of benzene rings is 1. The lowest BCUT2D eigenvalue weighted by Gasteiger charge is -2.39. The van der Waals surface area contributed by atoms with Gasteiger partial charge in [0.15, 0.2) is 0 Å². The predicted molar refractivity (Wildman–Crippen MR) is 93.5 cm³/mol. The van der Waals surface area contributed by atoms with E-state index < -0.39 is 17.4 Å². The van der Waals surface area contributed by atoms with Crippen molar-refractivity contribution in [3.05, 3.63) is 29.8 Å². The van der Waals surface area contributed by atoms with Crippen molar-refractivity contribution in [1.29, 1.82) is 0 Å². The Bertz CT molecular complexity index is 685. The van der Waals surface area contributed by atoms with E-state index in [0.29, 0.717) is 31.4 Å². The average molecular weight is 344 g/mol. The fourth-order valence-corrected chi connectivity index (χ4v) is 3.92. The van der Waals surface area contributed by atoms with E-state index in [4.69, 9.17) is 0 Å². The number of nitrogens with zero attached hydrogens (tertiary/aromatic N) is 1. The molecule has 0 spiro atoms. The molecule has 1 aliphatic carbocycles. The highest BCUT2D eigenvalue weighted by Gasteiger charge is 2.42. The van der Waals surface area contributed by atoms with Crippen molar-refractivity contribution in [2.75, 3.05) is 11.4 Å². The van der Waals surface area contributed by atoms with E-state index in [0.717, 1.165) is 24.9 Å². The molecular weight excluding hydrogens is 320 g/mol. The van der Waals surface area contributed by atoms with Crippen LogP contribution in [0.3, 0.4) is 0 Å². The molecule has 0 bridgehead atoms. The van der Waals surface area contributed by atoms with Gasteiger partial charge >= 0.3 is 5.97 Å². The van der Waals surface area contributed by atoms with E-state index >= 15 is 0 Å². The first-order valence-electron chi connectivity index (χ1n) is 8.86. The van der Waals surface area contributed by atoms with Gasteiger partial charge in [-0.1, -0.05) is 12.8 Å². The average Bonchev–Trinajstić information content (AvgIpc) is 3.00. The Balaban J connectivity index is 1.72. The standard InChI is InChI=1S/C19H24N2O4/c1-19(11-3-2-5-15(19)18(24)25)20-17(23)13-7-9-14(10-8-13)21-12-4-6-16(21)22/h7-10,15H,2-6,11-12H2,1H3,(H,20,23)(H,24,25). The molecule has 1 heterocycles. The van der Waals surface area contributed by atoms with Crippen LogP contribution in [-0.2, 0) is 9.59 Å². The molecule has 2 atom stereocenters. The number of nitrogens with one attached hydrogen (secondary N) is 1. The summed E-state index contributed by atoms with van der Waals surface area (Å²) in [5, 5.41) is 12.4. The molecule has 6 heteroatoms. The lowest BCUT2D eigenvalue weighted by Crippen LogP contribution is -2.55. The maximum Gasteiger partial charge on any atom is 0.308 e. The number of hydrogen-bond acceptors (Lipinski definition) is 3. The van der Waals surface area contributed by atoms with Crippen molar-refractivity contribution in [3.63, 3.8) is 0 Å². The van der Waals surface area contributed by atoms with Crippen molar-refractivity contribution in [2.24, 2.45) is 5.92 Å². The van der Waals surface area contributed by atoms with Gasteiger partial charge < -0.3 is 15.3 Å². The van der Waals surface area contributed by atoms with Gasteiger partial charge in [-0.15, -0.1) is 0 Å². The van der Waals surface area contributed by atoms with Crippen molar-refractivity contribution >= 4 is 23.5 Å². The van der Waals surface area contributed by atoms with Gasteiger partial charge in [0, 0.05) is 24.2 Å². The second-order valence-electron chi connectivity index (χ2n) is 7.20. The van der Waals surface area contributed by atoms with Crippen LogP contribution in [0, 0.1) is 5.92 Å². The van der Waals surface area contributed by atoms with E-state index in [9.17, 15) is 19.5 Å². The molecule has 1 aliphatic heterocycles. The normalized spacial score (nSPS) is 26.5. The highest BCUT2D eigenvalue weighted by atomic mass is 16.4. The first-order valence-corrected chi connectivity index (χ1v) is 8.86. The zero-order valence-corrected chi connectivity index (χ0v) is 14.5. The van der Waals surface area contributed by atoms with Gasteiger partial charge in [0.05, 0.1) is 11.5 Å². The van der Waals surface area contributed by atoms with E-state index in [2.05, 4.69) is 5.32 Å². The zero-order chi connectivity index (χ0) is 18.0. The summed E-state index contributed by atoms with van der Waals surface area (Å²) in [4.78, 5) is 37.6. The number of carbonyl (C=O) groups is 3. The summed E-state index contributed by atoms with van der Waals surface area (Å²) in [6.07, 6.45) is 4.46. The molecule has 1 saturated carbocycles. The van der Waals surface area contributed by atoms with Crippen LogP contribution in [-0.4, -0.2) is 35.0 Å². The number of aliphatic carboxylic acids is 1. The molecule has 2 fully saturated rings. The third kappa shape index (κ3) is 3.52. The maximum atomic E-state index is 12.6. The fraction of sp³-hybridized carbons (Fsp3) is 0.526. The summed E-state index contributed by atoms with van der Waals surface area (Å²) in [6.45, 7) is 2.53. The molecule has 2 amide bonds. The van der Waals surface area contributed by atoms with Crippen LogP contribution in [0.1, 0.15) is 55.8 Å². The number of anilines is 1.